The summed E-state index contributed by atoms with van der Waals surface area (Å²) in [4.78, 5) is 0. The predicted molar refractivity (Wildman–Crippen MR) is 67.5 cm³/mol. The Morgan fingerprint density at radius 1 is 1.24 bits per heavy atom. The van der Waals surface area contributed by atoms with E-state index < -0.39 is 23.1 Å². The zero-order valence-electron chi connectivity index (χ0n) is 11.1. The van der Waals surface area contributed by atoms with E-state index in [1.165, 1.54) is 0 Å². The van der Waals surface area contributed by atoms with Crippen LogP contribution in [0.25, 0.3) is 0 Å². The predicted octanol–water partition coefficient (Wildman–Crippen LogP) is 1.97. The van der Waals surface area contributed by atoms with Crippen molar-refractivity contribution in [3.8, 4) is 0 Å². The van der Waals surface area contributed by atoms with Gasteiger partial charge in [-0.1, -0.05) is 5.10 Å². The Labute approximate surface area is 118 Å². The van der Waals surface area contributed by atoms with Crippen LogP contribution < -0.4 is 10.6 Å². The van der Waals surface area contributed by atoms with E-state index in [1.54, 1.807) is 7.11 Å². The molecule has 2 aromatic rings. The maximum Gasteiger partial charge on any atom is 0.320 e. The van der Waals surface area contributed by atoms with Gasteiger partial charge in [0.25, 0.3) is 0 Å². The molecule has 0 aliphatic carbocycles. The topological polar surface area (TPSA) is 72.2 Å². The minimum Gasteiger partial charge on any atom is -0.406 e. The van der Waals surface area contributed by atoms with Crippen LogP contribution in [0.4, 0.5) is 24.9 Å². The number of methoxy groups -OCH3 is 1. The van der Waals surface area contributed by atoms with Gasteiger partial charge in [-0.3, -0.25) is 0 Å². The summed E-state index contributed by atoms with van der Waals surface area (Å²) < 4.78 is 49.5. The molecule has 1 heterocycles. The van der Waals surface area contributed by atoms with Crippen LogP contribution in [0, 0.1) is 17.5 Å². The molecule has 21 heavy (non-hydrogen) atoms. The summed E-state index contributed by atoms with van der Waals surface area (Å²) >= 11 is 0. The van der Waals surface area contributed by atoms with Crippen LogP contribution in [-0.4, -0.2) is 30.5 Å². The van der Waals surface area contributed by atoms with Gasteiger partial charge in [0, 0.05) is 25.8 Å². The number of halogens is 3. The summed E-state index contributed by atoms with van der Waals surface area (Å²) in [6.07, 6.45) is 0. The molecule has 6 nitrogen and oxygen atoms in total. The minimum absolute atomic E-state index is 0.164. The highest BCUT2D eigenvalue weighted by atomic mass is 19.2. The van der Waals surface area contributed by atoms with E-state index in [0.717, 1.165) is 6.07 Å². The summed E-state index contributed by atoms with van der Waals surface area (Å²) in [5.41, 5.74) is -0.421. The molecular formula is C12H13F3N4O2. The van der Waals surface area contributed by atoms with Gasteiger partial charge in [0.1, 0.15) is 5.82 Å². The van der Waals surface area contributed by atoms with Gasteiger partial charge < -0.3 is 19.8 Å². The molecule has 0 amide bonds. The second kappa shape index (κ2) is 7.04. The average molecular weight is 302 g/mol. The van der Waals surface area contributed by atoms with Crippen molar-refractivity contribution < 1.29 is 22.3 Å². The van der Waals surface area contributed by atoms with Gasteiger partial charge in [-0.15, -0.1) is 5.10 Å². The Bertz CT molecular complexity index is 606. The first-order valence-corrected chi connectivity index (χ1v) is 6.03. The normalized spacial score (nSPS) is 10.9. The second-order valence-corrected chi connectivity index (χ2v) is 4.04. The number of ether oxygens (including phenoxy) is 1. The lowest BCUT2D eigenvalue weighted by atomic mass is 10.3. The van der Waals surface area contributed by atoms with Gasteiger partial charge in [0.05, 0.1) is 18.8 Å². The first-order chi connectivity index (χ1) is 10.1. The van der Waals surface area contributed by atoms with Crippen LogP contribution in [-0.2, 0) is 11.3 Å². The third-order valence-corrected chi connectivity index (χ3v) is 2.46. The van der Waals surface area contributed by atoms with Crippen molar-refractivity contribution in [2.75, 3.05) is 25.6 Å². The molecule has 0 unspecified atom stereocenters. The van der Waals surface area contributed by atoms with Crippen molar-refractivity contribution in [1.82, 2.24) is 15.5 Å². The molecule has 0 radical (unpaired) electrons. The highest BCUT2D eigenvalue weighted by Gasteiger charge is 2.14. The fourth-order valence-corrected chi connectivity index (χ4v) is 1.51. The monoisotopic (exact) mass is 302 g/mol. The second-order valence-electron chi connectivity index (χ2n) is 4.04. The largest absolute Gasteiger partial charge is 0.406 e. The van der Waals surface area contributed by atoms with E-state index in [-0.39, 0.29) is 18.5 Å². The van der Waals surface area contributed by atoms with E-state index >= 15 is 0 Å². The van der Waals surface area contributed by atoms with Crippen LogP contribution >= 0.6 is 0 Å². The zero-order valence-corrected chi connectivity index (χ0v) is 11.1. The number of nitrogens with one attached hydrogen (secondary N) is 2. The molecule has 0 bridgehead atoms. The maximum absolute atomic E-state index is 13.4. The van der Waals surface area contributed by atoms with Gasteiger partial charge in [0.15, 0.2) is 11.6 Å². The number of benzene rings is 1. The van der Waals surface area contributed by atoms with Crippen LogP contribution in [0.1, 0.15) is 5.89 Å². The van der Waals surface area contributed by atoms with E-state index in [0.29, 0.717) is 19.2 Å². The Hall–Kier alpha value is -2.13. The van der Waals surface area contributed by atoms with E-state index in [2.05, 4.69) is 20.8 Å². The highest BCUT2D eigenvalue weighted by Crippen LogP contribution is 2.22. The van der Waals surface area contributed by atoms with E-state index in [4.69, 9.17) is 9.15 Å². The Morgan fingerprint density at radius 2 is 2.05 bits per heavy atom. The van der Waals surface area contributed by atoms with Crippen molar-refractivity contribution in [2.24, 2.45) is 0 Å². The van der Waals surface area contributed by atoms with E-state index in [9.17, 15) is 13.2 Å². The van der Waals surface area contributed by atoms with Crippen molar-refractivity contribution in [3.63, 3.8) is 0 Å². The van der Waals surface area contributed by atoms with Crippen molar-refractivity contribution >= 4 is 11.7 Å². The lowest BCUT2D eigenvalue weighted by Crippen LogP contribution is -2.18. The van der Waals surface area contributed by atoms with Crippen LogP contribution in [0.2, 0.25) is 0 Å². The summed E-state index contributed by atoms with van der Waals surface area (Å²) in [6, 6.07) is 1.07. The highest BCUT2D eigenvalue weighted by molar-refractivity contribution is 5.53. The van der Waals surface area contributed by atoms with Gasteiger partial charge in [-0.05, 0) is 0 Å². The SMILES string of the molecule is COCCNCc1nnc(Nc2cc(F)cc(F)c2F)o1. The Kier molecular flexibility index (Phi) is 5.12. The van der Waals surface area contributed by atoms with Crippen LogP contribution in [0.3, 0.4) is 0 Å². The number of hydrogen-bond acceptors (Lipinski definition) is 6. The lowest BCUT2D eigenvalue weighted by molar-refractivity contribution is 0.198. The molecule has 0 saturated heterocycles. The third-order valence-electron chi connectivity index (χ3n) is 2.46. The van der Waals surface area contributed by atoms with Crippen molar-refractivity contribution in [2.45, 2.75) is 6.54 Å². The molecular weight excluding hydrogens is 289 g/mol. The van der Waals surface area contributed by atoms with Gasteiger partial charge in [-0.25, -0.2) is 13.2 Å². The molecule has 2 rings (SSSR count). The standard InChI is InChI=1S/C12H13F3N4O2/c1-20-3-2-16-6-10-18-19-12(21-10)17-9-5-7(13)4-8(14)11(9)15/h4-5,16H,2-3,6H2,1H3,(H,17,19). The zero-order chi connectivity index (χ0) is 15.2. The fourth-order valence-electron chi connectivity index (χ4n) is 1.51. The first-order valence-electron chi connectivity index (χ1n) is 6.03. The number of hydrogen-bond donors (Lipinski definition) is 2. The average Bonchev–Trinajstić information content (AvgIpc) is 2.88. The van der Waals surface area contributed by atoms with Crippen LogP contribution in [0.15, 0.2) is 16.5 Å². The summed E-state index contributed by atoms with van der Waals surface area (Å²) in [7, 11) is 1.57. The number of nitrogens with zero attached hydrogens (tertiary/aromatic N) is 2. The molecule has 114 valence electrons. The number of rotatable bonds is 7. The molecule has 0 atom stereocenters. The molecule has 2 N–H and O–H groups in total. The quantitative estimate of drug-likeness (QED) is 0.602. The minimum atomic E-state index is -1.31. The molecule has 1 aromatic carbocycles. The molecule has 0 aliphatic rings. The number of anilines is 2. The summed E-state index contributed by atoms with van der Waals surface area (Å²) in [6.45, 7) is 1.40. The van der Waals surface area contributed by atoms with Gasteiger partial charge >= 0.3 is 6.01 Å². The summed E-state index contributed by atoms with van der Waals surface area (Å²) in [5, 5.41) is 12.6. The molecule has 0 fully saturated rings. The Balaban J connectivity index is 1.99. The van der Waals surface area contributed by atoms with Crippen molar-refractivity contribution in [3.05, 3.63) is 35.5 Å². The Morgan fingerprint density at radius 3 is 2.81 bits per heavy atom. The van der Waals surface area contributed by atoms with Gasteiger partial charge in [0.2, 0.25) is 5.89 Å². The smallest absolute Gasteiger partial charge is 0.320 e. The fraction of sp³-hybridized carbons (Fsp3) is 0.333. The maximum atomic E-state index is 13.4. The van der Waals surface area contributed by atoms with Crippen LogP contribution in [0.5, 0.6) is 0 Å². The molecule has 0 aliphatic heterocycles. The molecule has 0 spiro atoms. The summed E-state index contributed by atoms with van der Waals surface area (Å²) in [5.74, 6) is -3.21. The molecule has 1 aromatic heterocycles. The third kappa shape index (κ3) is 4.17. The first kappa shape index (κ1) is 15.3. The molecule has 0 saturated carbocycles. The molecule has 9 heteroatoms. The number of aromatic nitrogens is 2. The van der Waals surface area contributed by atoms with Gasteiger partial charge in [-0.2, -0.15) is 0 Å². The lowest BCUT2D eigenvalue weighted by Gasteiger charge is -2.04. The van der Waals surface area contributed by atoms with E-state index in [1.807, 2.05) is 0 Å². The van der Waals surface area contributed by atoms with Crippen molar-refractivity contribution in [1.29, 1.82) is 0 Å².